The number of hydrogen-bond acceptors (Lipinski definition) is 6. The third-order valence-corrected chi connectivity index (χ3v) is 3.09. The molecule has 0 unspecified atom stereocenters. The SMILES string of the molecule is C[C@@H](NC(=O)OCc1ccccc1)C(=O)ON1C(=O)CCC1=O. The summed E-state index contributed by atoms with van der Waals surface area (Å²) in [6.07, 6.45) is -0.794. The molecule has 1 saturated heterocycles. The van der Waals surface area contributed by atoms with Gasteiger partial charge in [-0.1, -0.05) is 30.3 Å². The Kier molecular flexibility index (Phi) is 5.29. The second-order valence-electron chi connectivity index (χ2n) is 4.92. The molecule has 0 bridgehead atoms. The van der Waals surface area contributed by atoms with Gasteiger partial charge in [0.2, 0.25) is 0 Å². The summed E-state index contributed by atoms with van der Waals surface area (Å²) in [5, 5.41) is 2.69. The Morgan fingerprint density at radius 2 is 1.78 bits per heavy atom. The highest BCUT2D eigenvalue weighted by Crippen LogP contribution is 2.12. The van der Waals surface area contributed by atoms with Crippen LogP contribution in [-0.4, -0.2) is 35.0 Å². The third kappa shape index (κ3) is 4.53. The molecule has 3 amide bonds. The van der Waals surface area contributed by atoms with Crippen molar-refractivity contribution in [3.05, 3.63) is 35.9 Å². The predicted molar refractivity (Wildman–Crippen MR) is 76.4 cm³/mol. The van der Waals surface area contributed by atoms with Crippen molar-refractivity contribution in [3.8, 4) is 0 Å². The second kappa shape index (κ2) is 7.39. The van der Waals surface area contributed by atoms with Crippen LogP contribution < -0.4 is 5.32 Å². The number of amides is 3. The number of imide groups is 1. The van der Waals surface area contributed by atoms with Crippen LogP contribution in [0.3, 0.4) is 0 Å². The van der Waals surface area contributed by atoms with E-state index in [9.17, 15) is 19.2 Å². The summed E-state index contributed by atoms with van der Waals surface area (Å²) in [7, 11) is 0. The van der Waals surface area contributed by atoms with Gasteiger partial charge in [-0.2, -0.15) is 0 Å². The first kappa shape index (κ1) is 16.5. The molecule has 1 heterocycles. The van der Waals surface area contributed by atoms with Gasteiger partial charge in [0.25, 0.3) is 11.8 Å². The average molecular weight is 320 g/mol. The van der Waals surface area contributed by atoms with Gasteiger partial charge in [-0.05, 0) is 12.5 Å². The van der Waals surface area contributed by atoms with E-state index in [1.165, 1.54) is 6.92 Å². The van der Waals surface area contributed by atoms with Crippen molar-refractivity contribution in [3.63, 3.8) is 0 Å². The van der Waals surface area contributed by atoms with Crippen molar-refractivity contribution in [2.45, 2.75) is 32.4 Å². The van der Waals surface area contributed by atoms with Gasteiger partial charge in [-0.3, -0.25) is 9.59 Å². The molecule has 0 spiro atoms. The lowest BCUT2D eigenvalue weighted by atomic mass is 10.2. The van der Waals surface area contributed by atoms with Crippen molar-refractivity contribution in [1.82, 2.24) is 10.4 Å². The van der Waals surface area contributed by atoms with E-state index in [0.29, 0.717) is 5.06 Å². The van der Waals surface area contributed by atoms with Crippen molar-refractivity contribution in [1.29, 1.82) is 0 Å². The Morgan fingerprint density at radius 1 is 1.17 bits per heavy atom. The van der Waals surface area contributed by atoms with Crippen LogP contribution in [0.25, 0.3) is 0 Å². The minimum absolute atomic E-state index is 0.00698. The molecule has 2 rings (SSSR count). The van der Waals surface area contributed by atoms with Crippen LogP contribution in [0.4, 0.5) is 4.79 Å². The van der Waals surface area contributed by atoms with Crippen molar-refractivity contribution in [2.24, 2.45) is 0 Å². The number of carbonyl (C=O) groups excluding carboxylic acids is 4. The topological polar surface area (TPSA) is 102 Å². The maximum absolute atomic E-state index is 11.8. The number of hydrogen-bond donors (Lipinski definition) is 1. The number of hydroxylamine groups is 2. The number of rotatable bonds is 5. The minimum Gasteiger partial charge on any atom is -0.445 e. The third-order valence-electron chi connectivity index (χ3n) is 3.09. The first-order valence-corrected chi connectivity index (χ1v) is 7.02. The molecule has 1 aromatic carbocycles. The van der Waals surface area contributed by atoms with E-state index < -0.39 is 29.9 Å². The quantitative estimate of drug-likeness (QED) is 0.809. The van der Waals surface area contributed by atoms with Crippen LogP contribution in [0.2, 0.25) is 0 Å². The van der Waals surface area contributed by atoms with Crippen LogP contribution in [0, 0.1) is 0 Å². The Labute approximate surface area is 132 Å². The molecule has 1 aliphatic rings. The molecular weight excluding hydrogens is 304 g/mol. The molecule has 8 nitrogen and oxygen atoms in total. The molecule has 1 aliphatic heterocycles. The Hall–Kier alpha value is -2.90. The molecule has 0 aliphatic carbocycles. The van der Waals surface area contributed by atoms with Crippen molar-refractivity contribution >= 4 is 23.9 Å². The Morgan fingerprint density at radius 3 is 2.39 bits per heavy atom. The molecule has 8 heteroatoms. The van der Waals surface area contributed by atoms with E-state index in [-0.39, 0.29) is 19.4 Å². The predicted octanol–water partition coefficient (Wildman–Crippen LogP) is 0.908. The highest BCUT2D eigenvalue weighted by molar-refractivity contribution is 6.01. The maximum atomic E-state index is 11.8. The number of alkyl carbamates (subject to hydrolysis) is 1. The zero-order valence-corrected chi connectivity index (χ0v) is 12.5. The molecule has 23 heavy (non-hydrogen) atoms. The summed E-state index contributed by atoms with van der Waals surface area (Å²) in [6.45, 7) is 1.41. The summed E-state index contributed by atoms with van der Waals surface area (Å²) in [5.41, 5.74) is 0.797. The fourth-order valence-corrected chi connectivity index (χ4v) is 1.83. The van der Waals surface area contributed by atoms with Gasteiger partial charge in [0.1, 0.15) is 12.6 Å². The zero-order valence-electron chi connectivity index (χ0n) is 12.5. The van der Waals surface area contributed by atoms with E-state index in [0.717, 1.165) is 5.56 Å². The van der Waals surface area contributed by atoms with Crippen LogP contribution in [0.15, 0.2) is 30.3 Å². The van der Waals surface area contributed by atoms with Crippen molar-refractivity contribution in [2.75, 3.05) is 0 Å². The second-order valence-corrected chi connectivity index (χ2v) is 4.92. The zero-order chi connectivity index (χ0) is 16.8. The minimum atomic E-state index is -1.07. The van der Waals surface area contributed by atoms with Crippen LogP contribution >= 0.6 is 0 Å². The summed E-state index contributed by atoms with van der Waals surface area (Å²) in [5.74, 6) is -2.09. The molecule has 122 valence electrons. The standard InChI is InChI=1S/C15H16N2O6/c1-10(14(20)23-17-12(18)7-8-13(17)19)16-15(21)22-9-11-5-3-2-4-6-11/h2-6,10H,7-9H2,1H3,(H,16,21)/t10-/m1/s1. The number of nitrogens with zero attached hydrogens (tertiary/aromatic N) is 1. The van der Waals surface area contributed by atoms with Crippen molar-refractivity contribution < 1.29 is 28.8 Å². The monoisotopic (exact) mass is 320 g/mol. The van der Waals surface area contributed by atoms with Gasteiger partial charge < -0.3 is 14.9 Å². The first-order valence-electron chi connectivity index (χ1n) is 7.02. The average Bonchev–Trinajstić information content (AvgIpc) is 2.85. The van der Waals surface area contributed by atoms with Gasteiger partial charge in [0.15, 0.2) is 0 Å². The lowest BCUT2D eigenvalue weighted by Gasteiger charge is -2.17. The van der Waals surface area contributed by atoms with E-state index in [1.54, 1.807) is 24.3 Å². The van der Waals surface area contributed by atoms with Gasteiger partial charge in [0.05, 0.1) is 0 Å². The fraction of sp³-hybridized carbons (Fsp3) is 0.333. The molecule has 0 saturated carbocycles. The highest BCUT2D eigenvalue weighted by atomic mass is 16.7. The fourth-order valence-electron chi connectivity index (χ4n) is 1.83. The first-order chi connectivity index (χ1) is 11.0. The maximum Gasteiger partial charge on any atom is 0.408 e. The van der Waals surface area contributed by atoms with E-state index >= 15 is 0 Å². The summed E-state index contributed by atoms with van der Waals surface area (Å²) >= 11 is 0. The summed E-state index contributed by atoms with van der Waals surface area (Å²) in [6, 6.07) is 7.95. The Bertz CT molecular complexity index is 600. The highest BCUT2D eigenvalue weighted by Gasteiger charge is 2.34. The largest absolute Gasteiger partial charge is 0.445 e. The molecule has 1 N–H and O–H groups in total. The smallest absolute Gasteiger partial charge is 0.408 e. The molecule has 1 fully saturated rings. The Balaban J connectivity index is 1.77. The molecule has 1 atom stereocenters. The number of nitrogens with one attached hydrogen (secondary N) is 1. The molecule has 0 radical (unpaired) electrons. The molecular formula is C15H16N2O6. The van der Waals surface area contributed by atoms with E-state index in [4.69, 9.17) is 4.74 Å². The summed E-state index contributed by atoms with van der Waals surface area (Å²) < 4.78 is 4.96. The summed E-state index contributed by atoms with van der Waals surface area (Å²) in [4.78, 5) is 50.7. The van der Waals surface area contributed by atoms with Crippen LogP contribution in [-0.2, 0) is 30.6 Å². The van der Waals surface area contributed by atoms with Crippen LogP contribution in [0.5, 0.6) is 0 Å². The number of ether oxygens (including phenoxy) is 1. The number of benzene rings is 1. The molecule has 0 aromatic heterocycles. The lowest BCUT2D eigenvalue weighted by Crippen LogP contribution is -2.43. The van der Waals surface area contributed by atoms with E-state index in [1.807, 2.05) is 6.07 Å². The van der Waals surface area contributed by atoms with Gasteiger partial charge in [0, 0.05) is 12.8 Å². The van der Waals surface area contributed by atoms with Gasteiger partial charge in [-0.15, -0.1) is 5.06 Å². The lowest BCUT2D eigenvalue weighted by molar-refractivity contribution is -0.198. The van der Waals surface area contributed by atoms with Crippen LogP contribution in [0.1, 0.15) is 25.3 Å². The van der Waals surface area contributed by atoms with Gasteiger partial charge >= 0.3 is 12.1 Å². The van der Waals surface area contributed by atoms with E-state index in [2.05, 4.69) is 10.2 Å². The molecule has 1 aromatic rings. The number of carbonyl (C=O) groups is 4. The normalized spacial score (nSPS) is 15.3. The van der Waals surface area contributed by atoms with Gasteiger partial charge in [-0.25, -0.2) is 9.59 Å².